The summed E-state index contributed by atoms with van der Waals surface area (Å²) in [6, 6.07) is 11.5. The van der Waals surface area contributed by atoms with Gasteiger partial charge in [0.15, 0.2) is 0 Å². The second-order valence-electron chi connectivity index (χ2n) is 4.74. The number of nitro benzene ring substituents is 1. The fourth-order valence-electron chi connectivity index (χ4n) is 2.59. The van der Waals surface area contributed by atoms with Crippen LogP contribution in [-0.4, -0.2) is 9.91 Å². The van der Waals surface area contributed by atoms with Gasteiger partial charge >= 0.3 is 0 Å². The summed E-state index contributed by atoms with van der Waals surface area (Å²) in [5, 5.41) is 12.6. The third kappa shape index (κ3) is 1.56. The summed E-state index contributed by atoms with van der Waals surface area (Å²) in [7, 11) is 0. The second kappa shape index (κ2) is 3.92. The van der Waals surface area contributed by atoms with E-state index in [1.807, 2.05) is 18.2 Å². The van der Waals surface area contributed by atoms with Crippen LogP contribution in [0.3, 0.4) is 0 Å². The molecule has 4 rings (SSSR count). The van der Waals surface area contributed by atoms with Crippen molar-refractivity contribution in [2.75, 3.05) is 0 Å². The summed E-state index contributed by atoms with van der Waals surface area (Å²) >= 11 is 0. The fourth-order valence-corrected chi connectivity index (χ4v) is 2.59. The number of benzene rings is 2. The topological polar surface area (TPSA) is 89.1 Å². The van der Waals surface area contributed by atoms with Crippen LogP contribution in [0.5, 0.6) is 0 Å². The Labute approximate surface area is 116 Å². The largest absolute Gasteiger partial charge is 0.455 e. The number of rotatable bonds is 1. The van der Waals surface area contributed by atoms with Crippen LogP contribution in [0.1, 0.15) is 0 Å². The first-order chi connectivity index (χ1) is 10.1. The molecule has 0 fully saturated rings. The summed E-state index contributed by atoms with van der Waals surface area (Å²) in [6.07, 6.45) is 0. The molecule has 0 saturated heterocycles. The lowest BCUT2D eigenvalue weighted by molar-refractivity contribution is -0.384. The lowest BCUT2D eigenvalue weighted by Crippen LogP contribution is -2.04. The Morgan fingerprint density at radius 3 is 2.71 bits per heavy atom. The normalized spacial score (nSPS) is 11.4. The van der Waals surface area contributed by atoms with E-state index >= 15 is 0 Å². The molecule has 0 spiro atoms. The predicted molar refractivity (Wildman–Crippen MR) is 78.5 cm³/mol. The summed E-state index contributed by atoms with van der Waals surface area (Å²) in [6.45, 7) is 0. The number of nitro groups is 1. The van der Waals surface area contributed by atoms with Crippen LogP contribution < -0.4 is 5.56 Å². The van der Waals surface area contributed by atoms with Gasteiger partial charge in [0, 0.05) is 16.8 Å². The number of pyridine rings is 1. The van der Waals surface area contributed by atoms with Crippen molar-refractivity contribution in [3.63, 3.8) is 0 Å². The Morgan fingerprint density at radius 2 is 1.90 bits per heavy atom. The number of H-pyrrole nitrogens is 1. The van der Waals surface area contributed by atoms with Crippen molar-refractivity contribution in [1.29, 1.82) is 0 Å². The zero-order valence-electron chi connectivity index (χ0n) is 10.6. The van der Waals surface area contributed by atoms with E-state index < -0.39 is 4.92 Å². The number of nitrogens with one attached hydrogen (secondary N) is 1. The molecular formula is C15H8N2O4. The van der Waals surface area contributed by atoms with Crippen molar-refractivity contribution in [2.24, 2.45) is 0 Å². The van der Waals surface area contributed by atoms with Gasteiger partial charge in [-0.3, -0.25) is 14.9 Å². The van der Waals surface area contributed by atoms with Crippen LogP contribution >= 0.6 is 0 Å². The molecule has 1 N–H and O–H groups in total. The smallest absolute Gasteiger partial charge is 0.273 e. The van der Waals surface area contributed by atoms with Crippen LogP contribution in [0.4, 0.5) is 5.69 Å². The first-order valence-electron chi connectivity index (χ1n) is 6.27. The Morgan fingerprint density at radius 1 is 1.10 bits per heavy atom. The van der Waals surface area contributed by atoms with E-state index in [1.54, 1.807) is 12.1 Å². The standard InChI is InChI=1S/C15H8N2O4/c18-15-13-10-6-5-8(17(19)20)7-12(10)21-14(13)9-3-1-2-4-11(9)16-15/h1-7H,(H,16,18). The Bertz CT molecular complexity index is 1090. The van der Waals surface area contributed by atoms with E-state index in [0.717, 1.165) is 5.39 Å². The van der Waals surface area contributed by atoms with Crippen molar-refractivity contribution >= 4 is 38.5 Å². The summed E-state index contributed by atoms with van der Waals surface area (Å²) in [5.74, 6) is 0. The van der Waals surface area contributed by atoms with Gasteiger partial charge < -0.3 is 9.40 Å². The Kier molecular flexibility index (Phi) is 2.18. The number of aromatic amines is 1. The molecule has 0 atom stereocenters. The average Bonchev–Trinajstić information content (AvgIpc) is 2.86. The van der Waals surface area contributed by atoms with Crippen molar-refractivity contribution in [3.05, 3.63) is 62.9 Å². The van der Waals surface area contributed by atoms with Gasteiger partial charge in [0.05, 0.1) is 21.9 Å². The van der Waals surface area contributed by atoms with Crippen molar-refractivity contribution in [2.45, 2.75) is 0 Å². The van der Waals surface area contributed by atoms with E-state index in [-0.39, 0.29) is 11.2 Å². The van der Waals surface area contributed by atoms with Gasteiger partial charge in [0.1, 0.15) is 11.2 Å². The third-order valence-corrected chi connectivity index (χ3v) is 3.53. The highest BCUT2D eigenvalue weighted by atomic mass is 16.6. The number of nitrogens with zero attached hydrogens (tertiary/aromatic N) is 1. The molecule has 0 aliphatic heterocycles. The number of hydrogen-bond acceptors (Lipinski definition) is 4. The number of furan rings is 1. The molecular weight excluding hydrogens is 272 g/mol. The van der Waals surface area contributed by atoms with Gasteiger partial charge in [-0.1, -0.05) is 12.1 Å². The summed E-state index contributed by atoms with van der Waals surface area (Å²) in [4.78, 5) is 25.4. The Balaban J connectivity index is 2.25. The summed E-state index contributed by atoms with van der Waals surface area (Å²) in [5.41, 5.74) is 1.12. The number of hydrogen-bond donors (Lipinski definition) is 1. The third-order valence-electron chi connectivity index (χ3n) is 3.53. The molecule has 2 aromatic carbocycles. The molecule has 21 heavy (non-hydrogen) atoms. The summed E-state index contributed by atoms with van der Waals surface area (Å²) < 4.78 is 5.71. The van der Waals surface area contributed by atoms with Crippen molar-refractivity contribution in [1.82, 2.24) is 4.98 Å². The minimum absolute atomic E-state index is 0.0673. The molecule has 6 heteroatoms. The van der Waals surface area contributed by atoms with Gasteiger partial charge in [0.2, 0.25) is 0 Å². The van der Waals surface area contributed by atoms with Crippen LogP contribution in [0, 0.1) is 10.1 Å². The number of para-hydroxylation sites is 1. The van der Waals surface area contributed by atoms with Crippen molar-refractivity contribution in [3.8, 4) is 0 Å². The molecule has 0 saturated carbocycles. The number of aromatic nitrogens is 1. The lowest BCUT2D eigenvalue weighted by atomic mass is 10.1. The van der Waals surface area contributed by atoms with E-state index in [4.69, 9.17) is 4.42 Å². The van der Waals surface area contributed by atoms with Crippen LogP contribution in [0.2, 0.25) is 0 Å². The van der Waals surface area contributed by atoms with Gasteiger partial charge in [-0.05, 0) is 18.2 Å². The maximum atomic E-state index is 12.2. The molecule has 4 aromatic rings. The lowest BCUT2D eigenvalue weighted by Gasteiger charge is -1.97. The van der Waals surface area contributed by atoms with E-state index in [2.05, 4.69) is 4.98 Å². The fraction of sp³-hybridized carbons (Fsp3) is 0. The van der Waals surface area contributed by atoms with E-state index in [1.165, 1.54) is 12.1 Å². The molecule has 0 amide bonds. The maximum Gasteiger partial charge on any atom is 0.273 e. The molecule has 0 bridgehead atoms. The van der Waals surface area contributed by atoms with Crippen LogP contribution in [-0.2, 0) is 0 Å². The number of non-ortho nitro benzene ring substituents is 1. The molecule has 2 aromatic heterocycles. The predicted octanol–water partition coefficient (Wildman–Crippen LogP) is 3.34. The first kappa shape index (κ1) is 11.7. The van der Waals surface area contributed by atoms with Gasteiger partial charge in [0.25, 0.3) is 11.2 Å². The zero-order valence-corrected chi connectivity index (χ0v) is 10.6. The maximum absolute atomic E-state index is 12.2. The van der Waals surface area contributed by atoms with Crippen molar-refractivity contribution < 1.29 is 9.34 Å². The van der Waals surface area contributed by atoms with E-state index in [0.29, 0.717) is 27.5 Å². The SMILES string of the molecule is O=c1[nH]c2ccccc2c2oc3cc([N+](=O)[O-])ccc3c12. The number of fused-ring (bicyclic) bond motifs is 5. The molecule has 2 heterocycles. The quantitative estimate of drug-likeness (QED) is 0.427. The molecule has 102 valence electrons. The minimum Gasteiger partial charge on any atom is -0.455 e. The van der Waals surface area contributed by atoms with Gasteiger partial charge in [-0.25, -0.2) is 0 Å². The van der Waals surface area contributed by atoms with E-state index in [9.17, 15) is 14.9 Å². The monoisotopic (exact) mass is 280 g/mol. The molecule has 0 aliphatic carbocycles. The highest BCUT2D eigenvalue weighted by molar-refractivity contribution is 6.13. The van der Waals surface area contributed by atoms with Crippen LogP contribution in [0.25, 0.3) is 32.8 Å². The highest BCUT2D eigenvalue weighted by Gasteiger charge is 2.16. The van der Waals surface area contributed by atoms with Gasteiger partial charge in [-0.2, -0.15) is 0 Å². The first-order valence-corrected chi connectivity index (χ1v) is 6.27. The zero-order chi connectivity index (χ0) is 14.6. The average molecular weight is 280 g/mol. The molecule has 0 unspecified atom stereocenters. The molecule has 0 aliphatic rings. The highest BCUT2D eigenvalue weighted by Crippen LogP contribution is 2.32. The minimum atomic E-state index is -0.491. The molecule has 0 radical (unpaired) electrons. The van der Waals surface area contributed by atoms with Crippen LogP contribution in [0.15, 0.2) is 51.7 Å². The molecule has 6 nitrogen and oxygen atoms in total. The Hall–Kier alpha value is -3.15. The van der Waals surface area contributed by atoms with Gasteiger partial charge in [-0.15, -0.1) is 0 Å². The second-order valence-corrected chi connectivity index (χ2v) is 4.74.